The lowest BCUT2D eigenvalue weighted by Gasteiger charge is -2.05. The Hall–Kier alpha value is -1.03. The highest BCUT2D eigenvalue weighted by Gasteiger charge is 2.07. The maximum Gasteiger partial charge on any atom is 0.124 e. The molecule has 0 aromatic heterocycles. The summed E-state index contributed by atoms with van der Waals surface area (Å²) >= 11 is 3.32. The van der Waals surface area contributed by atoms with Gasteiger partial charge in [0.25, 0.3) is 0 Å². The van der Waals surface area contributed by atoms with Crippen LogP contribution in [0.4, 0.5) is 0 Å². The molecule has 0 heterocycles. The molecule has 1 aromatic carbocycles. The Morgan fingerprint density at radius 1 is 1.62 bits per heavy atom. The van der Waals surface area contributed by atoms with E-state index in [-0.39, 0.29) is 5.75 Å². The summed E-state index contributed by atoms with van der Waals surface area (Å²) in [6.45, 7) is 1.94. The second-order valence-electron chi connectivity index (χ2n) is 2.59. The number of rotatable bonds is 2. The number of nitrogens with two attached hydrogens (primary N) is 1. The number of aromatic hydroxyl groups is 1. The average molecular weight is 243 g/mol. The first kappa shape index (κ1) is 10.1. The molecule has 0 radical (unpaired) electrons. The van der Waals surface area contributed by atoms with Gasteiger partial charge in [-0.15, -0.1) is 0 Å². The molecule has 0 amide bonds. The van der Waals surface area contributed by atoms with E-state index in [1.807, 2.05) is 6.92 Å². The van der Waals surface area contributed by atoms with E-state index in [1.54, 1.807) is 18.2 Å². The van der Waals surface area contributed by atoms with E-state index in [1.165, 1.54) is 0 Å². The summed E-state index contributed by atoms with van der Waals surface area (Å²) in [5.74, 6) is 5.40. The molecule has 0 aliphatic rings. The minimum absolute atomic E-state index is 0.203. The Labute approximate surface area is 85.4 Å². The Morgan fingerprint density at radius 3 is 2.85 bits per heavy atom. The number of phenolic OH excluding ortho intramolecular Hbond substituents is 1. The number of benzene rings is 1. The highest BCUT2D eigenvalue weighted by molar-refractivity contribution is 9.10. The van der Waals surface area contributed by atoms with E-state index >= 15 is 0 Å². The van der Waals surface area contributed by atoms with Crippen LogP contribution in [0.25, 0.3) is 0 Å². The van der Waals surface area contributed by atoms with Crippen LogP contribution in [0.1, 0.15) is 18.9 Å². The lowest BCUT2D eigenvalue weighted by molar-refractivity contribution is 0.474. The Balaban J connectivity index is 3.19. The molecular formula is C9H11BrN2O. The molecule has 13 heavy (non-hydrogen) atoms. The summed E-state index contributed by atoms with van der Waals surface area (Å²) in [6, 6.07) is 5.17. The minimum Gasteiger partial charge on any atom is -0.507 e. The molecule has 0 saturated carbocycles. The zero-order valence-corrected chi connectivity index (χ0v) is 8.87. The lowest BCUT2D eigenvalue weighted by atomic mass is 10.1. The van der Waals surface area contributed by atoms with Crippen LogP contribution in [0.5, 0.6) is 5.75 Å². The van der Waals surface area contributed by atoms with Gasteiger partial charge in [0.05, 0.1) is 5.71 Å². The first-order valence-electron chi connectivity index (χ1n) is 3.94. The third-order valence-electron chi connectivity index (χ3n) is 1.76. The second-order valence-corrected chi connectivity index (χ2v) is 3.51. The van der Waals surface area contributed by atoms with Crippen LogP contribution >= 0.6 is 15.9 Å². The lowest BCUT2D eigenvalue weighted by Crippen LogP contribution is -2.02. The molecule has 0 aliphatic carbocycles. The van der Waals surface area contributed by atoms with Crippen molar-refractivity contribution in [2.45, 2.75) is 13.3 Å². The third-order valence-corrected chi connectivity index (χ3v) is 2.25. The van der Waals surface area contributed by atoms with Gasteiger partial charge in [-0.25, -0.2) is 0 Å². The van der Waals surface area contributed by atoms with Gasteiger partial charge < -0.3 is 10.9 Å². The quantitative estimate of drug-likeness (QED) is 0.475. The monoisotopic (exact) mass is 242 g/mol. The van der Waals surface area contributed by atoms with Crippen molar-refractivity contribution < 1.29 is 5.11 Å². The highest BCUT2D eigenvalue weighted by Crippen LogP contribution is 2.23. The Kier molecular flexibility index (Phi) is 3.31. The van der Waals surface area contributed by atoms with Crippen molar-refractivity contribution in [2.75, 3.05) is 0 Å². The number of nitrogens with zero attached hydrogens (tertiary/aromatic N) is 1. The SMILES string of the molecule is CC/C(=N/N)c1cc(Br)ccc1O. The van der Waals surface area contributed by atoms with E-state index in [2.05, 4.69) is 21.0 Å². The third kappa shape index (κ3) is 2.21. The summed E-state index contributed by atoms with van der Waals surface area (Å²) in [7, 11) is 0. The molecule has 0 spiro atoms. The van der Waals surface area contributed by atoms with Gasteiger partial charge in [-0.3, -0.25) is 0 Å². The zero-order valence-electron chi connectivity index (χ0n) is 7.29. The fourth-order valence-electron chi connectivity index (χ4n) is 1.09. The fraction of sp³-hybridized carbons (Fsp3) is 0.222. The molecule has 0 unspecified atom stereocenters. The van der Waals surface area contributed by atoms with Crippen LogP contribution in [-0.4, -0.2) is 10.8 Å². The van der Waals surface area contributed by atoms with E-state index in [0.717, 1.165) is 4.47 Å². The number of halogens is 1. The zero-order chi connectivity index (χ0) is 9.84. The molecule has 3 nitrogen and oxygen atoms in total. The molecule has 1 rings (SSSR count). The first-order chi connectivity index (χ1) is 6.19. The minimum atomic E-state index is 0.203. The van der Waals surface area contributed by atoms with Gasteiger partial charge in [-0.2, -0.15) is 5.10 Å². The second kappa shape index (κ2) is 4.28. The molecule has 70 valence electrons. The molecule has 0 saturated heterocycles. The van der Waals surface area contributed by atoms with Gasteiger partial charge in [0.15, 0.2) is 0 Å². The largest absolute Gasteiger partial charge is 0.507 e. The van der Waals surface area contributed by atoms with Crippen molar-refractivity contribution in [1.29, 1.82) is 0 Å². The topological polar surface area (TPSA) is 58.6 Å². The summed E-state index contributed by atoms with van der Waals surface area (Å²) < 4.78 is 0.898. The normalized spacial score (nSPS) is 11.7. The van der Waals surface area contributed by atoms with Gasteiger partial charge in [0, 0.05) is 10.0 Å². The van der Waals surface area contributed by atoms with E-state index < -0.39 is 0 Å². The van der Waals surface area contributed by atoms with Gasteiger partial charge in [0.2, 0.25) is 0 Å². The van der Waals surface area contributed by atoms with Crippen molar-refractivity contribution in [3.63, 3.8) is 0 Å². The van der Waals surface area contributed by atoms with Crippen LogP contribution in [0.15, 0.2) is 27.8 Å². The molecular weight excluding hydrogens is 232 g/mol. The van der Waals surface area contributed by atoms with Gasteiger partial charge in [-0.1, -0.05) is 22.9 Å². The summed E-state index contributed by atoms with van der Waals surface area (Å²) in [6.07, 6.45) is 0.695. The summed E-state index contributed by atoms with van der Waals surface area (Å²) in [5, 5.41) is 13.1. The van der Waals surface area contributed by atoms with Crippen molar-refractivity contribution >= 4 is 21.6 Å². The average Bonchev–Trinajstić information content (AvgIpc) is 2.13. The highest BCUT2D eigenvalue weighted by atomic mass is 79.9. The van der Waals surface area contributed by atoms with Crippen LogP contribution in [0.2, 0.25) is 0 Å². The van der Waals surface area contributed by atoms with Crippen molar-refractivity contribution in [3.8, 4) is 5.75 Å². The Morgan fingerprint density at radius 2 is 2.31 bits per heavy atom. The van der Waals surface area contributed by atoms with Gasteiger partial charge >= 0.3 is 0 Å². The maximum absolute atomic E-state index is 9.51. The number of hydrazone groups is 1. The van der Waals surface area contributed by atoms with Crippen LogP contribution in [0.3, 0.4) is 0 Å². The van der Waals surface area contributed by atoms with E-state index in [0.29, 0.717) is 17.7 Å². The van der Waals surface area contributed by atoms with Crippen LogP contribution in [0, 0.1) is 0 Å². The number of hydrogen-bond donors (Lipinski definition) is 2. The fourth-order valence-corrected chi connectivity index (χ4v) is 1.45. The Bertz CT molecular complexity index is 336. The van der Waals surface area contributed by atoms with Crippen molar-refractivity contribution in [1.82, 2.24) is 0 Å². The van der Waals surface area contributed by atoms with Crippen molar-refractivity contribution in [2.24, 2.45) is 10.9 Å². The predicted octanol–water partition coefficient (Wildman–Crippen LogP) is 2.23. The van der Waals surface area contributed by atoms with Gasteiger partial charge in [0.1, 0.15) is 5.75 Å². The predicted molar refractivity (Wildman–Crippen MR) is 56.8 cm³/mol. The summed E-state index contributed by atoms with van der Waals surface area (Å²) in [5.41, 5.74) is 1.37. The maximum atomic E-state index is 9.51. The molecule has 0 fully saturated rings. The molecule has 0 bridgehead atoms. The number of hydrogen-bond acceptors (Lipinski definition) is 3. The van der Waals surface area contributed by atoms with Crippen molar-refractivity contribution in [3.05, 3.63) is 28.2 Å². The standard InChI is InChI=1S/C9H11BrN2O/c1-2-8(12-11)7-5-6(10)3-4-9(7)13/h3-5,13H,2,11H2,1H3/b12-8-. The molecule has 4 heteroatoms. The van der Waals surface area contributed by atoms with Crippen LogP contribution < -0.4 is 5.84 Å². The molecule has 1 aromatic rings. The molecule has 0 atom stereocenters. The first-order valence-corrected chi connectivity index (χ1v) is 4.74. The smallest absolute Gasteiger partial charge is 0.124 e. The molecule has 0 aliphatic heterocycles. The van der Waals surface area contributed by atoms with Crippen LogP contribution in [-0.2, 0) is 0 Å². The number of phenols is 1. The molecule has 3 N–H and O–H groups in total. The van der Waals surface area contributed by atoms with E-state index in [4.69, 9.17) is 5.84 Å². The van der Waals surface area contributed by atoms with E-state index in [9.17, 15) is 5.11 Å². The van der Waals surface area contributed by atoms with Gasteiger partial charge in [-0.05, 0) is 24.6 Å². The summed E-state index contributed by atoms with van der Waals surface area (Å²) in [4.78, 5) is 0.